The van der Waals surface area contributed by atoms with Crippen LogP contribution in [0.1, 0.15) is 51.1 Å². The largest absolute Gasteiger partial charge is 0.436 e. The Morgan fingerprint density at radius 1 is 0.308 bits per heavy atom. The van der Waals surface area contributed by atoms with Gasteiger partial charge in [0.05, 0.1) is 0 Å². The number of hydrogen-bond donors (Lipinski definition) is 0. The lowest BCUT2D eigenvalue weighted by molar-refractivity contribution is 0.371. The quantitative estimate of drug-likeness (QED) is 0.0922. The van der Waals surface area contributed by atoms with E-state index in [-0.39, 0.29) is 17.8 Å². The zero-order valence-electron chi connectivity index (χ0n) is 31.5. The fourth-order valence-electron chi connectivity index (χ4n) is 8.11. The molecule has 6 aromatic rings. The van der Waals surface area contributed by atoms with E-state index in [1.54, 1.807) is 0 Å². The molecule has 0 N–H and O–H groups in total. The lowest BCUT2D eigenvalue weighted by Gasteiger charge is -2.44. The van der Waals surface area contributed by atoms with Crippen LogP contribution in [0.4, 0.5) is 0 Å². The summed E-state index contributed by atoms with van der Waals surface area (Å²) in [6.45, 7) is 12.1. The Balaban J connectivity index is 1.37. The average Bonchev–Trinajstić information content (AvgIpc) is 3.17. The molecule has 2 nitrogen and oxygen atoms in total. The molecule has 0 fully saturated rings. The third-order valence-electron chi connectivity index (χ3n) is 10.2. The lowest BCUT2D eigenvalue weighted by Crippen LogP contribution is -2.55. The number of hydrogen-bond acceptors (Lipinski definition) is 2. The van der Waals surface area contributed by atoms with Gasteiger partial charge in [-0.1, -0.05) is 182 Å². The summed E-state index contributed by atoms with van der Waals surface area (Å²) in [7, 11) is -7.55. The molecule has 0 amide bonds. The molecule has 5 heteroatoms. The smallest absolute Gasteiger partial charge is 0.315 e. The molecule has 0 aliphatic carbocycles. The predicted molar refractivity (Wildman–Crippen MR) is 227 cm³/mol. The second-order valence-corrected chi connectivity index (χ2v) is 27.8. The normalized spacial score (nSPS) is 12.5. The van der Waals surface area contributed by atoms with Crippen molar-refractivity contribution in [2.45, 2.75) is 68.6 Å². The van der Waals surface area contributed by atoms with Gasteiger partial charge in [-0.05, 0) is 78.2 Å². The molecule has 0 bridgehead atoms. The van der Waals surface area contributed by atoms with E-state index in [4.69, 9.17) is 8.23 Å². The predicted octanol–water partition coefficient (Wildman–Crippen LogP) is 13.0. The Kier molecular flexibility index (Phi) is 12.4. The summed E-state index contributed by atoms with van der Waals surface area (Å²) in [6.07, 6.45) is 0. The highest BCUT2D eigenvalue weighted by molar-refractivity contribution is 6.88. The van der Waals surface area contributed by atoms with Crippen LogP contribution in [-0.4, -0.2) is 25.2 Å². The van der Waals surface area contributed by atoms with Gasteiger partial charge in [0.15, 0.2) is 16.6 Å². The molecule has 0 spiro atoms. The summed E-state index contributed by atoms with van der Waals surface area (Å²) in [4.78, 5) is 0. The van der Waals surface area contributed by atoms with Crippen LogP contribution >= 0.6 is 0 Å². The highest BCUT2D eigenvalue weighted by Crippen LogP contribution is 2.42. The fourth-order valence-corrected chi connectivity index (χ4v) is 23.5. The minimum absolute atomic E-state index is 0.173. The SMILES string of the molecule is C[Si](C)(CC(c1ccccc1)c1ccccc1)O[Si](C)(CC(c1ccccc1)c1ccccc1)O[Si](C)(C)CC(c1ccccc1)c1ccccc1. The van der Waals surface area contributed by atoms with Crippen molar-refractivity contribution < 1.29 is 8.23 Å². The van der Waals surface area contributed by atoms with Crippen molar-refractivity contribution in [3.63, 3.8) is 0 Å². The third-order valence-corrected chi connectivity index (χ3v) is 22.0. The van der Waals surface area contributed by atoms with Gasteiger partial charge in [-0.2, -0.15) is 0 Å². The van der Waals surface area contributed by atoms with E-state index in [2.05, 4.69) is 215 Å². The van der Waals surface area contributed by atoms with Crippen molar-refractivity contribution in [2.24, 2.45) is 0 Å². The molecule has 266 valence electrons. The molecule has 0 atom stereocenters. The van der Waals surface area contributed by atoms with Crippen LogP contribution in [0.25, 0.3) is 0 Å². The monoisotopic (exact) mass is 734 g/mol. The van der Waals surface area contributed by atoms with E-state index in [9.17, 15) is 0 Å². The second kappa shape index (κ2) is 17.1. The van der Waals surface area contributed by atoms with Crippen molar-refractivity contribution >= 4 is 25.2 Å². The summed E-state index contributed by atoms with van der Waals surface area (Å²) in [5, 5.41) is 0. The Morgan fingerprint density at radius 2 is 0.500 bits per heavy atom. The van der Waals surface area contributed by atoms with E-state index >= 15 is 0 Å². The van der Waals surface area contributed by atoms with Crippen molar-refractivity contribution in [3.8, 4) is 0 Å². The van der Waals surface area contributed by atoms with E-state index < -0.39 is 25.2 Å². The summed E-state index contributed by atoms with van der Waals surface area (Å²) < 4.78 is 15.6. The van der Waals surface area contributed by atoms with Crippen molar-refractivity contribution in [1.82, 2.24) is 0 Å². The second-order valence-electron chi connectivity index (χ2n) is 15.6. The molecule has 0 heterocycles. The van der Waals surface area contributed by atoms with Gasteiger partial charge in [-0.3, -0.25) is 0 Å². The molecular formula is C47H54O2Si3. The van der Waals surface area contributed by atoms with Gasteiger partial charge in [0.1, 0.15) is 0 Å². The van der Waals surface area contributed by atoms with Crippen LogP contribution in [0.15, 0.2) is 182 Å². The highest BCUT2D eigenvalue weighted by atomic mass is 28.5. The van der Waals surface area contributed by atoms with E-state index in [0.717, 1.165) is 18.1 Å². The first-order chi connectivity index (χ1) is 25.1. The first kappa shape index (κ1) is 37.6. The molecule has 6 aromatic carbocycles. The average molecular weight is 735 g/mol. The van der Waals surface area contributed by atoms with Crippen LogP contribution in [0.2, 0.25) is 50.9 Å². The molecule has 0 radical (unpaired) electrons. The van der Waals surface area contributed by atoms with E-state index in [0.29, 0.717) is 0 Å². The van der Waals surface area contributed by atoms with Crippen LogP contribution in [-0.2, 0) is 8.23 Å². The van der Waals surface area contributed by atoms with Crippen molar-refractivity contribution in [2.75, 3.05) is 0 Å². The standard InChI is InChI=1S/C47H54O2Si3/c1-50(2,36-45(39-24-12-6-13-25-39)40-26-14-7-15-27-40)48-52(5,38-47(43-32-20-10-21-33-43)44-34-22-11-23-35-44)49-51(3,4)37-46(41-28-16-8-17-29-41)42-30-18-9-19-31-42/h6-35,45-47H,36-38H2,1-5H3. The Bertz CT molecular complexity index is 1700. The number of rotatable bonds is 16. The molecular weight excluding hydrogens is 681 g/mol. The van der Waals surface area contributed by atoms with Gasteiger partial charge in [0.25, 0.3) is 0 Å². The van der Waals surface area contributed by atoms with E-state index in [1.165, 1.54) is 33.4 Å². The number of benzene rings is 6. The molecule has 0 aliphatic rings. The fraction of sp³-hybridized carbons (Fsp3) is 0.234. The summed E-state index contributed by atoms with van der Waals surface area (Å²) in [5.41, 5.74) is 8.01. The molecule has 0 unspecified atom stereocenters. The minimum Gasteiger partial charge on any atom is -0.436 e. The first-order valence-corrected chi connectivity index (χ1v) is 27.6. The molecule has 0 aliphatic heterocycles. The summed E-state index contributed by atoms with van der Waals surface area (Å²) in [6, 6.07) is 68.8. The van der Waals surface area contributed by atoms with Gasteiger partial charge < -0.3 is 8.23 Å². The molecule has 6 rings (SSSR count). The highest BCUT2D eigenvalue weighted by Gasteiger charge is 2.46. The van der Waals surface area contributed by atoms with Gasteiger partial charge in [0, 0.05) is 23.8 Å². The first-order valence-electron chi connectivity index (χ1n) is 18.8. The van der Waals surface area contributed by atoms with Crippen LogP contribution in [0.3, 0.4) is 0 Å². The van der Waals surface area contributed by atoms with Gasteiger partial charge in [0.2, 0.25) is 0 Å². The van der Waals surface area contributed by atoms with Gasteiger partial charge >= 0.3 is 8.56 Å². The Hall–Kier alpha value is -4.11. The van der Waals surface area contributed by atoms with Crippen LogP contribution < -0.4 is 0 Å². The molecule has 52 heavy (non-hydrogen) atoms. The third kappa shape index (κ3) is 10.3. The minimum atomic E-state index is -2.86. The van der Waals surface area contributed by atoms with Crippen LogP contribution in [0.5, 0.6) is 0 Å². The summed E-state index contributed by atoms with van der Waals surface area (Å²) in [5.74, 6) is 0.686. The maximum absolute atomic E-state index is 7.79. The maximum Gasteiger partial charge on any atom is 0.315 e. The van der Waals surface area contributed by atoms with Crippen LogP contribution in [0, 0.1) is 0 Å². The Morgan fingerprint density at radius 3 is 0.712 bits per heavy atom. The molecule has 0 saturated heterocycles. The molecule has 0 aromatic heterocycles. The Labute approximate surface area is 316 Å². The zero-order valence-corrected chi connectivity index (χ0v) is 34.5. The van der Waals surface area contributed by atoms with Crippen molar-refractivity contribution in [3.05, 3.63) is 215 Å². The van der Waals surface area contributed by atoms with Gasteiger partial charge in [-0.15, -0.1) is 0 Å². The zero-order chi connectivity index (χ0) is 36.4. The summed E-state index contributed by atoms with van der Waals surface area (Å²) >= 11 is 0. The lowest BCUT2D eigenvalue weighted by atomic mass is 9.93. The maximum atomic E-state index is 7.79. The van der Waals surface area contributed by atoms with Crippen molar-refractivity contribution in [1.29, 1.82) is 0 Å². The van der Waals surface area contributed by atoms with E-state index in [1.807, 2.05) is 0 Å². The topological polar surface area (TPSA) is 18.5 Å². The van der Waals surface area contributed by atoms with Gasteiger partial charge in [-0.25, -0.2) is 0 Å². The molecule has 0 saturated carbocycles.